The van der Waals surface area contributed by atoms with Crippen LogP contribution in [0.3, 0.4) is 0 Å². The molecule has 16 heavy (non-hydrogen) atoms. The normalized spacial score (nSPS) is 10.1. The minimum atomic E-state index is -0.332. The van der Waals surface area contributed by atoms with E-state index in [1.807, 2.05) is 0 Å². The third-order valence-electron chi connectivity index (χ3n) is 2.10. The van der Waals surface area contributed by atoms with Gasteiger partial charge in [0, 0.05) is 11.3 Å². The summed E-state index contributed by atoms with van der Waals surface area (Å²) in [5, 5.41) is 0. The van der Waals surface area contributed by atoms with E-state index in [4.69, 9.17) is 0 Å². The number of rotatable bonds is 2. The van der Waals surface area contributed by atoms with Gasteiger partial charge in [-0.05, 0) is 25.1 Å². The Balaban J connectivity index is 2.55. The third kappa shape index (κ3) is 2.11. The van der Waals surface area contributed by atoms with Crippen molar-refractivity contribution in [2.24, 2.45) is 0 Å². The fraction of sp³-hybridized carbons (Fsp3) is 0.0833. The van der Waals surface area contributed by atoms with Crippen LogP contribution in [0.4, 0.5) is 4.39 Å². The lowest BCUT2D eigenvalue weighted by molar-refractivity contribution is 0.111. The van der Waals surface area contributed by atoms with Crippen molar-refractivity contribution in [3.8, 4) is 11.3 Å². The van der Waals surface area contributed by atoms with E-state index < -0.39 is 0 Å². The molecule has 0 spiro atoms. The van der Waals surface area contributed by atoms with Gasteiger partial charge >= 0.3 is 0 Å². The lowest BCUT2D eigenvalue weighted by Gasteiger charge is -2.02. The summed E-state index contributed by atoms with van der Waals surface area (Å²) >= 11 is 0. The van der Waals surface area contributed by atoms with Crippen molar-refractivity contribution in [3.63, 3.8) is 0 Å². The smallest absolute Gasteiger partial charge is 0.193 e. The van der Waals surface area contributed by atoms with E-state index in [9.17, 15) is 9.18 Å². The summed E-state index contributed by atoms with van der Waals surface area (Å²) in [7, 11) is 0. The van der Waals surface area contributed by atoms with Crippen molar-refractivity contribution in [2.45, 2.75) is 6.92 Å². The molecule has 4 heteroatoms. The van der Waals surface area contributed by atoms with Gasteiger partial charge in [-0.15, -0.1) is 0 Å². The zero-order chi connectivity index (χ0) is 11.5. The summed E-state index contributed by atoms with van der Waals surface area (Å²) in [5.74, 6) is -0.222. The summed E-state index contributed by atoms with van der Waals surface area (Å²) in [4.78, 5) is 18.6. The highest BCUT2D eigenvalue weighted by Gasteiger charge is 2.04. The summed E-state index contributed by atoms with van der Waals surface area (Å²) in [6, 6.07) is 7.78. The maximum Gasteiger partial charge on any atom is 0.193 e. The quantitative estimate of drug-likeness (QED) is 0.724. The standard InChI is InChI=1S/C12H9FN2O/c1-8-5-11(15-12(7-16)14-8)9-3-2-4-10(13)6-9/h2-7H,1H3. The van der Waals surface area contributed by atoms with Gasteiger partial charge in [-0.3, -0.25) is 4.79 Å². The fourth-order valence-electron chi connectivity index (χ4n) is 1.44. The second-order valence-corrected chi connectivity index (χ2v) is 3.38. The van der Waals surface area contributed by atoms with Crippen LogP contribution in [-0.2, 0) is 0 Å². The summed E-state index contributed by atoms with van der Waals surface area (Å²) in [5.41, 5.74) is 1.86. The van der Waals surface area contributed by atoms with E-state index in [0.717, 1.165) is 0 Å². The van der Waals surface area contributed by atoms with Crippen molar-refractivity contribution in [3.05, 3.63) is 47.7 Å². The van der Waals surface area contributed by atoms with Crippen molar-refractivity contribution in [2.75, 3.05) is 0 Å². The number of carbonyl (C=O) groups excluding carboxylic acids is 1. The second kappa shape index (κ2) is 4.18. The van der Waals surface area contributed by atoms with Crippen LogP contribution in [0.1, 0.15) is 16.3 Å². The number of nitrogens with zero attached hydrogens (tertiary/aromatic N) is 2. The molecular weight excluding hydrogens is 207 g/mol. The first-order chi connectivity index (χ1) is 7.69. The number of aldehydes is 1. The first-order valence-corrected chi connectivity index (χ1v) is 4.76. The zero-order valence-electron chi connectivity index (χ0n) is 8.64. The van der Waals surface area contributed by atoms with Crippen LogP contribution in [-0.4, -0.2) is 16.3 Å². The molecule has 1 heterocycles. The van der Waals surface area contributed by atoms with Crippen molar-refractivity contribution in [1.29, 1.82) is 0 Å². The van der Waals surface area contributed by atoms with Crippen LogP contribution in [0.5, 0.6) is 0 Å². The number of aryl methyl sites for hydroxylation is 1. The summed E-state index contributed by atoms with van der Waals surface area (Å²) in [6.45, 7) is 1.76. The highest BCUT2D eigenvalue weighted by molar-refractivity contribution is 5.71. The lowest BCUT2D eigenvalue weighted by atomic mass is 10.1. The molecule has 3 nitrogen and oxygen atoms in total. The molecule has 0 fully saturated rings. The zero-order valence-corrected chi connectivity index (χ0v) is 8.64. The van der Waals surface area contributed by atoms with Gasteiger partial charge in [-0.1, -0.05) is 12.1 Å². The Bertz CT molecular complexity index is 540. The van der Waals surface area contributed by atoms with E-state index >= 15 is 0 Å². The van der Waals surface area contributed by atoms with Gasteiger partial charge in [0.25, 0.3) is 0 Å². The van der Waals surface area contributed by atoms with Gasteiger partial charge in [0.1, 0.15) is 5.82 Å². The first-order valence-electron chi connectivity index (χ1n) is 4.76. The molecule has 2 aromatic rings. The van der Waals surface area contributed by atoms with Gasteiger partial charge in [0.2, 0.25) is 0 Å². The van der Waals surface area contributed by atoms with Gasteiger partial charge < -0.3 is 0 Å². The van der Waals surface area contributed by atoms with E-state index in [1.165, 1.54) is 12.1 Å². The molecule has 0 aliphatic carbocycles. The average molecular weight is 216 g/mol. The number of halogens is 1. The average Bonchev–Trinajstić information content (AvgIpc) is 2.28. The predicted octanol–water partition coefficient (Wildman–Crippen LogP) is 2.40. The number of hydrogen-bond donors (Lipinski definition) is 0. The van der Waals surface area contributed by atoms with Gasteiger partial charge in [-0.25, -0.2) is 14.4 Å². The fourth-order valence-corrected chi connectivity index (χ4v) is 1.44. The number of carbonyl (C=O) groups is 1. The van der Waals surface area contributed by atoms with Crippen molar-refractivity contribution >= 4 is 6.29 Å². The second-order valence-electron chi connectivity index (χ2n) is 3.38. The van der Waals surface area contributed by atoms with Crippen LogP contribution in [0, 0.1) is 12.7 Å². The molecule has 0 N–H and O–H groups in total. The Labute approximate surface area is 92.0 Å². The molecule has 0 saturated heterocycles. The Morgan fingerprint density at radius 3 is 2.75 bits per heavy atom. The van der Waals surface area contributed by atoms with Crippen LogP contribution < -0.4 is 0 Å². The van der Waals surface area contributed by atoms with E-state index in [1.54, 1.807) is 25.1 Å². The highest BCUT2D eigenvalue weighted by Crippen LogP contribution is 2.18. The number of benzene rings is 1. The SMILES string of the molecule is Cc1cc(-c2cccc(F)c2)nc(C=O)n1. The van der Waals surface area contributed by atoms with Crippen molar-refractivity contribution < 1.29 is 9.18 Å². The van der Waals surface area contributed by atoms with Crippen LogP contribution >= 0.6 is 0 Å². The summed E-state index contributed by atoms with van der Waals surface area (Å²) < 4.78 is 13.0. The molecule has 0 aliphatic rings. The van der Waals surface area contributed by atoms with Gasteiger partial charge in [-0.2, -0.15) is 0 Å². The largest absolute Gasteiger partial charge is 0.294 e. The Hall–Kier alpha value is -2.10. The molecule has 0 bridgehead atoms. The minimum absolute atomic E-state index is 0.110. The Kier molecular flexibility index (Phi) is 2.72. The van der Waals surface area contributed by atoms with Gasteiger partial charge in [0.05, 0.1) is 5.69 Å². The van der Waals surface area contributed by atoms with E-state index in [-0.39, 0.29) is 11.6 Å². The summed E-state index contributed by atoms with van der Waals surface area (Å²) in [6.07, 6.45) is 0.579. The predicted molar refractivity (Wildman–Crippen MR) is 57.6 cm³/mol. The molecule has 2 rings (SSSR count). The maximum absolute atomic E-state index is 13.0. The third-order valence-corrected chi connectivity index (χ3v) is 2.10. The van der Waals surface area contributed by atoms with E-state index in [0.29, 0.717) is 23.2 Å². The number of aromatic nitrogens is 2. The topological polar surface area (TPSA) is 42.9 Å². The molecular formula is C12H9FN2O. The molecule has 0 amide bonds. The van der Waals surface area contributed by atoms with Crippen LogP contribution in [0.25, 0.3) is 11.3 Å². The van der Waals surface area contributed by atoms with Crippen LogP contribution in [0.2, 0.25) is 0 Å². The Morgan fingerprint density at radius 2 is 2.06 bits per heavy atom. The molecule has 0 radical (unpaired) electrons. The lowest BCUT2D eigenvalue weighted by Crippen LogP contribution is -1.97. The molecule has 80 valence electrons. The molecule has 0 aliphatic heterocycles. The number of hydrogen-bond acceptors (Lipinski definition) is 3. The van der Waals surface area contributed by atoms with Crippen LogP contribution in [0.15, 0.2) is 30.3 Å². The minimum Gasteiger partial charge on any atom is -0.294 e. The van der Waals surface area contributed by atoms with Crippen molar-refractivity contribution in [1.82, 2.24) is 9.97 Å². The van der Waals surface area contributed by atoms with Gasteiger partial charge in [0.15, 0.2) is 12.1 Å². The molecule has 0 unspecified atom stereocenters. The molecule has 1 aromatic heterocycles. The van der Waals surface area contributed by atoms with E-state index in [2.05, 4.69) is 9.97 Å². The first kappa shape index (κ1) is 10.4. The molecule has 0 saturated carbocycles. The highest BCUT2D eigenvalue weighted by atomic mass is 19.1. The Morgan fingerprint density at radius 1 is 1.25 bits per heavy atom. The molecule has 1 aromatic carbocycles. The monoisotopic (exact) mass is 216 g/mol. The molecule has 0 atom stereocenters. The maximum atomic E-state index is 13.0.